The van der Waals surface area contributed by atoms with E-state index in [2.05, 4.69) is 32.8 Å². The summed E-state index contributed by atoms with van der Waals surface area (Å²) in [4.78, 5) is 0. The molecule has 110 valence electrons. The van der Waals surface area contributed by atoms with Crippen LogP contribution in [0.25, 0.3) is 0 Å². The second-order valence-electron chi connectivity index (χ2n) is 4.83. The van der Waals surface area contributed by atoms with Crippen molar-refractivity contribution < 1.29 is 0 Å². The largest absolute Gasteiger partial charge is 0.330 e. The van der Waals surface area contributed by atoms with Crippen LogP contribution in [0.2, 0.25) is 0 Å². The van der Waals surface area contributed by atoms with E-state index in [9.17, 15) is 0 Å². The van der Waals surface area contributed by atoms with Crippen LogP contribution in [0.4, 0.5) is 0 Å². The Morgan fingerprint density at radius 2 is 2.05 bits per heavy atom. The molecule has 20 heavy (non-hydrogen) atoms. The fourth-order valence-electron chi connectivity index (χ4n) is 1.94. The van der Waals surface area contributed by atoms with Crippen molar-refractivity contribution in [1.29, 1.82) is 0 Å². The van der Waals surface area contributed by atoms with Crippen molar-refractivity contribution in [3.05, 3.63) is 17.7 Å². The first-order valence-corrected chi connectivity index (χ1v) is 7.17. The van der Waals surface area contributed by atoms with E-state index in [-0.39, 0.29) is 0 Å². The number of hydrogen-bond donors (Lipinski definition) is 1. The number of hydrogen-bond acceptors (Lipinski definition) is 6. The van der Waals surface area contributed by atoms with Gasteiger partial charge in [0.05, 0.1) is 5.69 Å². The molecule has 8 nitrogen and oxygen atoms in total. The van der Waals surface area contributed by atoms with Crippen LogP contribution in [0, 0.1) is 0 Å². The first-order chi connectivity index (χ1) is 9.83. The normalized spacial score (nSPS) is 11.1. The average Bonchev–Trinajstić information content (AvgIpc) is 3.07. The number of nitrogens with two attached hydrogens (primary N) is 1. The van der Waals surface area contributed by atoms with Gasteiger partial charge < -0.3 is 5.73 Å². The highest BCUT2D eigenvalue weighted by Gasteiger charge is 2.08. The third-order valence-corrected chi connectivity index (χ3v) is 3.11. The molecule has 2 heterocycles. The van der Waals surface area contributed by atoms with Crippen molar-refractivity contribution in [2.24, 2.45) is 5.73 Å². The maximum absolute atomic E-state index is 5.48. The molecule has 0 fully saturated rings. The summed E-state index contributed by atoms with van der Waals surface area (Å²) in [6.45, 7) is 4.27. The molecule has 2 rings (SSSR count). The lowest BCUT2D eigenvalue weighted by molar-refractivity contribution is 0.511. The number of rotatable bonds is 9. The van der Waals surface area contributed by atoms with Crippen LogP contribution in [0.1, 0.15) is 44.1 Å². The Kier molecular flexibility index (Phi) is 5.60. The summed E-state index contributed by atoms with van der Waals surface area (Å²) in [5.41, 5.74) is 6.47. The quantitative estimate of drug-likeness (QED) is 0.666. The van der Waals surface area contributed by atoms with E-state index in [1.54, 1.807) is 4.68 Å². The van der Waals surface area contributed by atoms with Gasteiger partial charge in [-0.25, -0.2) is 9.36 Å². The van der Waals surface area contributed by atoms with Gasteiger partial charge in [0.1, 0.15) is 6.54 Å². The Balaban J connectivity index is 1.91. The van der Waals surface area contributed by atoms with Gasteiger partial charge in [0.25, 0.3) is 0 Å². The van der Waals surface area contributed by atoms with Gasteiger partial charge in [0, 0.05) is 12.7 Å². The molecule has 2 N–H and O–H groups in total. The fourth-order valence-corrected chi connectivity index (χ4v) is 1.94. The van der Waals surface area contributed by atoms with Gasteiger partial charge in [-0.15, -0.1) is 10.2 Å². The summed E-state index contributed by atoms with van der Waals surface area (Å²) in [5, 5.41) is 20.0. The van der Waals surface area contributed by atoms with Crippen LogP contribution in [-0.2, 0) is 19.5 Å². The molecule has 0 bridgehead atoms. The van der Waals surface area contributed by atoms with Gasteiger partial charge in [-0.3, -0.25) is 0 Å². The van der Waals surface area contributed by atoms with Crippen LogP contribution in [0.3, 0.4) is 0 Å². The summed E-state index contributed by atoms with van der Waals surface area (Å²) in [7, 11) is 0. The second kappa shape index (κ2) is 7.68. The predicted octanol–water partition coefficient (Wildman–Crippen LogP) is 0.394. The molecule has 0 amide bonds. The molecule has 2 aromatic rings. The zero-order valence-corrected chi connectivity index (χ0v) is 11.9. The van der Waals surface area contributed by atoms with Crippen molar-refractivity contribution in [3.8, 4) is 0 Å². The molecule has 0 spiro atoms. The third kappa shape index (κ3) is 4.09. The van der Waals surface area contributed by atoms with E-state index in [0.29, 0.717) is 6.54 Å². The first kappa shape index (κ1) is 14.6. The lowest BCUT2D eigenvalue weighted by Crippen LogP contribution is -2.10. The Bertz CT molecular complexity index is 503. The molecule has 0 unspecified atom stereocenters. The summed E-state index contributed by atoms with van der Waals surface area (Å²) in [5.74, 6) is 0.817. The molecule has 0 aliphatic carbocycles. The topological polar surface area (TPSA) is 100 Å². The van der Waals surface area contributed by atoms with Crippen molar-refractivity contribution in [3.63, 3.8) is 0 Å². The van der Waals surface area contributed by atoms with Gasteiger partial charge in [-0.05, 0) is 42.7 Å². The number of tetrazole rings is 1. The van der Waals surface area contributed by atoms with Crippen molar-refractivity contribution in [1.82, 2.24) is 35.2 Å². The van der Waals surface area contributed by atoms with Crippen LogP contribution in [0.15, 0.2) is 6.20 Å². The van der Waals surface area contributed by atoms with Gasteiger partial charge >= 0.3 is 0 Å². The van der Waals surface area contributed by atoms with E-state index >= 15 is 0 Å². The van der Waals surface area contributed by atoms with E-state index in [1.165, 1.54) is 0 Å². The van der Waals surface area contributed by atoms with E-state index in [1.807, 2.05) is 10.9 Å². The van der Waals surface area contributed by atoms with E-state index < -0.39 is 0 Å². The number of aromatic nitrogens is 7. The lowest BCUT2D eigenvalue weighted by Gasteiger charge is -2.02. The Labute approximate surface area is 118 Å². The lowest BCUT2D eigenvalue weighted by atomic mass is 10.2. The monoisotopic (exact) mass is 278 g/mol. The summed E-state index contributed by atoms with van der Waals surface area (Å²) in [6, 6.07) is 0. The molecule has 0 aliphatic heterocycles. The van der Waals surface area contributed by atoms with Crippen LogP contribution in [0.5, 0.6) is 0 Å². The highest BCUT2D eigenvalue weighted by molar-refractivity contribution is 4.94. The van der Waals surface area contributed by atoms with E-state index in [4.69, 9.17) is 5.73 Å². The molecule has 0 aromatic carbocycles. The van der Waals surface area contributed by atoms with Gasteiger partial charge in [0.2, 0.25) is 0 Å². The Hall–Kier alpha value is -1.83. The van der Waals surface area contributed by atoms with Gasteiger partial charge in [-0.1, -0.05) is 18.6 Å². The van der Waals surface area contributed by atoms with Crippen LogP contribution in [-0.4, -0.2) is 41.7 Å². The zero-order valence-electron chi connectivity index (χ0n) is 11.9. The van der Waals surface area contributed by atoms with Gasteiger partial charge in [-0.2, -0.15) is 0 Å². The summed E-state index contributed by atoms with van der Waals surface area (Å²) < 4.78 is 3.62. The number of unbranched alkanes of at least 4 members (excludes halogenated alkanes) is 2. The Morgan fingerprint density at radius 3 is 2.85 bits per heavy atom. The maximum Gasteiger partial charge on any atom is 0.172 e. The third-order valence-electron chi connectivity index (χ3n) is 3.11. The molecule has 8 heteroatoms. The molecule has 0 atom stereocenters. The molecular weight excluding hydrogens is 256 g/mol. The van der Waals surface area contributed by atoms with Crippen LogP contribution >= 0.6 is 0 Å². The minimum atomic E-state index is 0.556. The van der Waals surface area contributed by atoms with Gasteiger partial charge in [0.15, 0.2) is 5.82 Å². The highest BCUT2D eigenvalue weighted by atomic mass is 15.6. The summed E-state index contributed by atoms with van der Waals surface area (Å²) in [6.07, 6.45) is 7.12. The molecule has 0 saturated carbocycles. The molecule has 2 aromatic heterocycles. The minimum absolute atomic E-state index is 0.556. The van der Waals surface area contributed by atoms with Crippen LogP contribution < -0.4 is 5.73 Å². The molecule has 0 radical (unpaired) electrons. The fraction of sp³-hybridized carbons (Fsp3) is 0.750. The maximum atomic E-state index is 5.48. The van der Waals surface area contributed by atoms with Crippen molar-refractivity contribution >= 4 is 0 Å². The Morgan fingerprint density at radius 1 is 1.15 bits per heavy atom. The van der Waals surface area contributed by atoms with E-state index in [0.717, 1.165) is 56.7 Å². The van der Waals surface area contributed by atoms with Crippen molar-refractivity contribution in [2.45, 2.75) is 52.1 Å². The highest BCUT2D eigenvalue weighted by Crippen LogP contribution is 2.03. The minimum Gasteiger partial charge on any atom is -0.330 e. The number of aryl methyl sites for hydroxylation is 2. The molecular formula is C12H22N8. The number of nitrogens with zero attached hydrogens (tertiary/aromatic N) is 7. The SMILES string of the molecule is CCCCn1nnnc1Cn1cc(CCCCN)nn1. The molecule has 0 saturated heterocycles. The predicted molar refractivity (Wildman–Crippen MR) is 73.8 cm³/mol. The molecule has 0 aliphatic rings. The summed E-state index contributed by atoms with van der Waals surface area (Å²) >= 11 is 0. The van der Waals surface area contributed by atoms with Crippen molar-refractivity contribution in [2.75, 3.05) is 6.54 Å². The smallest absolute Gasteiger partial charge is 0.172 e. The average molecular weight is 278 g/mol. The first-order valence-electron chi connectivity index (χ1n) is 7.17. The second-order valence-corrected chi connectivity index (χ2v) is 4.83. The zero-order chi connectivity index (χ0) is 14.2. The standard InChI is InChI=1S/C12H22N8/c1-2-3-8-20-12(15-16-18-20)10-19-9-11(14-17-19)6-4-5-7-13/h9H,2-8,10,13H2,1H3.